The minimum absolute atomic E-state index is 0.143. The van der Waals surface area contributed by atoms with E-state index in [0.29, 0.717) is 16.9 Å². The maximum atomic E-state index is 13.9. The second-order valence-corrected chi connectivity index (χ2v) is 6.06. The predicted octanol–water partition coefficient (Wildman–Crippen LogP) is 3.42. The van der Waals surface area contributed by atoms with Gasteiger partial charge in [0, 0.05) is 29.3 Å². The van der Waals surface area contributed by atoms with E-state index >= 15 is 0 Å². The monoisotopic (exact) mass is 371 g/mol. The van der Waals surface area contributed by atoms with Crippen molar-refractivity contribution in [1.29, 1.82) is 0 Å². The molecule has 1 aromatic heterocycles. The summed E-state index contributed by atoms with van der Waals surface area (Å²) in [6.45, 7) is 0. The number of hydrogen-bond donors (Lipinski definition) is 1. The van der Waals surface area contributed by atoms with E-state index in [1.54, 1.807) is 37.4 Å². The number of anilines is 1. The van der Waals surface area contributed by atoms with Gasteiger partial charge in [0.25, 0.3) is 5.56 Å². The number of amides is 1. The summed E-state index contributed by atoms with van der Waals surface area (Å²) in [5.74, 6) is -0.935. The highest BCUT2D eigenvalue weighted by molar-refractivity contribution is 6.31. The van der Waals surface area contributed by atoms with Gasteiger partial charge in [0.05, 0.1) is 17.8 Å². The van der Waals surface area contributed by atoms with Gasteiger partial charge in [0.15, 0.2) is 0 Å². The molecule has 132 valence electrons. The van der Waals surface area contributed by atoms with Crippen molar-refractivity contribution in [3.8, 4) is 11.3 Å². The van der Waals surface area contributed by atoms with E-state index in [1.165, 1.54) is 28.9 Å². The van der Waals surface area contributed by atoms with Crippen LogP contribution in [0.2, 0.25) is 5.02 Å². The molecule has 2 aromatic carbocycles. The molecular formula is C19H15ClFN3O2. The lowest BCUT2D eigenvalue weighted by atomic mass is 10.1. The van der Waals surface area contributed by atoms with E-state index in [0.717, 1.165) is 0 Å². The molecule has 0 unspecified atom stereocenters. The lowest BCUT2D eigenvalue weighted by Crippen LogP contribution is -2.19. The first-order valence-electron chi connectivity index (χ1n) is 7.82. The Morgan fingerprint density at radius 2 is 1.92 bits per heavy atom. The maximum Gasteiger partial charge on any atom is 0.266 e. The second kappa shape index (κ2) is 7.49. The van der Waals surface area contributed by atoms with E-state index in [4.69, 9.17) is 11.6 Å². The Hall–Kier alpha value is -2.99. The summed E-state index contributed by atoms with van der Waals surface area (Å²) < 4.78 is 15.1. The zero-order valence-electron chi connectivity index (χ0n) is 13.9. The molecule has 0 aliphatic heterocycles. The molecule has 0 spiro atoms. The normalized spacial score (nSPS) is 10.6. The van der Waals surface area contributed by atoms with Crippen LogP contribution >= 0.6 is 11.6 Å². The van der Waals surface area contributed by atoms with Gasteiger partial charge in [-0.1, -0.05) is 35.9 Å². The van der Waals surface area contributed by atoms with E-state index in [-0.39, 0.29) is 22.6 Å². The van der Waals surface area contributed by atoms with Gasteiger partial charge < -0.3 is 5.32 Å². The molecule has 1 heterocycles. The fourth-order valence-electron chi connectivity index (χ4n) is 2.52. The number of para-hydroxylation sites is 1. The summed E-state index contributed by atoms with van der Waals surface area (Å²) in [4.78, 5) is 23.9. The molecule has 0 aliphatic carbocycles. The summed E-state index contributed by atoms with van der Waals surface area (Å²) in [5, 5.41) is 7.15. The Balaban J connectivity index is 1.87. The lowest BCUT2D eigenvalue weighted by molar-refractivity contribution is -0.115. The van der Waals surface area contributed by atoms with E-state index < -0.39 is 11.7 Å². The standard InChI is InChI=1S/C19H15ClFN3O2/c1-24-19(26)10-9-17(23-24)12-5-2-3-8-16(12)22-18(25)11-13-14(20)6-4-7-15(13)21/h2-10H,11H2,1H3,(H,22,25). The Morgan fingerprint density at radius 1 is 1.15 bits per heavy atom. The van der Waals surface area contributed by atoms with Crippen molar-refractivity contribution in [3.05, 3.63) is 81.4 Å². The molecule has 0 aliphatic rings. The molecule has 5 nitrogen and oxygen atoms in total. The van der Waals surface area contributed by atoms with Gasteiger partial charge in [-0.15, -0.1) is 0 Å². The number of aryl methyl sites for hydroxylation is 1. The molecule has 0 radical (unpaired) electrons. The van der Waals surface area contributed by atoms with Crippen LogP contribution in [0, 0.1) is 5.82 Å². The van der Waals surface area contributed by atoms with Crippen molar-refractivity contribution in [2.24, 2.45) is 7.05 Å². The summed E-state index contributed by atoms with van der Waals surface area (Å²) in [5.41, 5.74) is 1.60. The first-order valence-corrected chi connectivity index (χ1v) is 8.20. The number of nitrogens with zero attached hydrogens (tertiary/aromatic N) is 2. The van der Waals surface area contributed by atoms with Crippen LogP contribution in [-0.2, 0) is 18.3 Å². The number of benzene rings is 2. The average Bonchev–Trinajstić information content (AvgIpc) is 2.61. The molecule has 1 N–H and O–H groups in total. The van der Waals surface area contributed by atoms with Crippen LogP contribution in [0.3, 0.4) is 0 Å². The predicted molar refractivity (Wildman–Crippen MR) is 98.7 cm³/mol. The van der Waals surface area contributed by atoms with Gasteiger partial charge in [-0.3, -0.25) is 9.59 Å². The number of carbonyl (C=O) groups excluding carboxylic acids is 1. The van der Waals surface area contributed by atoms with Gasteiger partial charge >= 0.3 is 0 Å². The molecule has 7 heteroatoms. The van der Waals surface area contributed by atoms with Crippen molar-refractivity contribution in [2.75, 3.05) is 5.32 Å². The molecule has 0 bridgehead atoms. The number of hydrogen-bond acceptors (Lipinski definition) is 3. The van der Waals surface area contributed by atoms with Gasteiger partial charge in [-0.05, 0) is 24.3 Å². The SMILES string of the molecule is Cn1nc(-c2ccccc2NC(=O)Cc2c(F)cccc2Cl)ccc1=O. The Kier molecular flexibility index (Phi) is 5.14. The topological polar surface area (TPSA) is 64.0 Å². The van der Waals surface area contributed by atoms with E-state index in [9.17, 15) is 14.0 Å². The minimum atomic E-state index is -0.527. The van der Waals surface area contributed by atoms with Crippen LogP contribution in [-0.4, -0.2) is 15.7 Å². The molecule has 0 fully saturated rings. The third-order valence-electron chi connectivity index (χ3n) is 3.84. The number of nitrogens with one attached hydrogen (secondary N) is 1. The highest BCUT2D eigenvalue weighted by Gasteiger charge is 2.14. The van der Waals surface area contributed by atoms with Crippen molar-refractivity contribution in [3.63, 3.8) is 0 Å². The zero-order valence-corrected chi connectivity index (χ0v) is 14.6. The molecule has 3 aromatic rings. The maximum absolute atomic E-state index is 13.9. The third-order valence-corrected chi connectivity index (χ3v) is 4.19. The quantitative estimate of drug-likeness (QED) is 0.764. The minimum Gasteiger partial charge on any atom is -0.325 e. The van der Waals surface area contributed by atoms with Gasteiger partial charge in [0.2, 0.25) is 5.91 Å². The number of carbonyl (C=O) groups is 1. The zero-order chi connectivity index (χ0) is 18.7. The first kappa shape index (κ1) is 17.8. The number of rotatable bonds is 4. The first-order chi connectivity index (χ1) is 12.5. The van der Waals surface area contributed by atoms with Gasteiger partial charge in [0.1, 0.15) is 5.82 Å². The molecule has 3 rings (SSSR count). The van der Waals surface area contributed by atoms with Crippen LogP contribution in [0.25, 0.3) is 11.3 Å². The van der Waals surface area contributed by atoms with Crippen molar-refractivity contribution >= 4 is 23.2 Å². The van der Waals surface area contributed by atoms with Gasteiger partial charge in [-0.2, -0.15) is 5.10 Å². The molecule has 0 saturated heterocycles. The van der Waals surface area contributed by atoms with Crippen LogP contribution < -0.4 is 10.9 Å². The number of aromatic nitrogens is 2. The lowest BCUT2D eigenvalue weighted by Gasteiger charge is -2.12. The third kappa shape index (κ3) is 3.81. The van der Waals surface area contributed by atoms with Crippen molar-refractivity contribution in [2.45, 2.75) is 6.42 Å². The largest absolute Gasteiger partial charge is 0.325 e. The summed E-state index contributed by atoms with van der Waals surface area (Å²) in [6, 6.07) is 14.3. The van der Waals surface area contributed by atoms with Crippen LogP contribution in [0.15, 0.2) is 59.4 Å². The van der Waals surface area contributed by atoms with Gasteiger partial charge in [-0.25, -0.2) is 9.07 Å². The fourth-order valence-corrected chi connectivity index (χ4v) is 2.75. The van der Waals surface area contributed by atoms with Crippen LogP contribution in [0.4, 0.5) is 10.1 Å². The summed E-state index contributed by atoms with van der Waals surface area (Å²) in [6.07, 6.45) is -0.194. The highest BCUT2D eigenvalue weighted by atomic mass is 35.5. The van der Waals surface area contributed by atoms with E-state index in [2.05, 4.69) is 10.4 Å². The Labute approximate surface area is 154 Å². The molecular weight excluding hydrogens is 357 g/mol. The Bertz CT molecular complexity index is 1010. The summed E-state index contributed by atoms with van der Waals surface area (Å²) in [7, 11) is 1.55. The van der Waals surface area contributed by atoms with Crippen LogP contribution in [0.1, 0.15) is 5.56 Å². The average molecular weight is 372 g/mol. The van der Waals surface area contributed by atoms with Crippen molar-refractivity contribution in [1.82, 2.24) is 9.78 Å². The smallest absolute Gasteiger partial charge is 0.266 e. The molecule has 0 saturated carbocycles. The van der Waals surface area contributed by atoms with Crippen molar-refractivity contribution < 1.29 is 9.18 Å². The molecule has 0 atom stereocenters. The van der Waals surface area contributed by atoms with E-state index in [1.807, 2.05) is 0 Å². The second-order valence-electron chi connectivity index (χ2n) is 5.65. The summed E-state index contributed by atoms with van der Waals surface area (Å²) >= 11 is 5.97. The fraction of sp³-hybridized carbons (Fsp3) is 0.105. The molecule has 1 amide bonds. The highest BCUT2D eigenvalue weighted by Crippen LogP contribution is 2.26. The van der Waals surface area contributed by atoms with Crippen LogP contribution in [0.5, 0.6) is 0 Å². The molecule has 26 heavy (non-hydrogen) atoms. The number of halogens is 2. The Morgan fingerprint density at radius 3 is 2.65 bits per heavy atom.